The van der Waals surface area contributed by atoms with Gasteiger partial charge in [0.05, 0.1) is 26.4 Å². The predicted molar refractivity (Wildman–Crippen MR) is 519 cm³/mol. The summed E-state index contributed by atoms with van der Waals surface area (Å²) in [6, 6.07) is 0. The van der Waals surface area contributed by atoms with Gasteiger partial charge < -0.3 is 34.2 Å². The Balaban J connectivity index is 4.48. The van der Waals surface area contributed by atoms with Gasteiger partial charge in [-0.2, -0.15) is 0 Å². The maximum absolute atomic E-state index is 13.1. The summed E-state index contributed by atoms with van der Waals surface area (Å²) in [5, 5.41) is 20.8. The number of phosphoric ester groups is 2. The maximum atomic E-state index is 13.1. The van der Waals surface area contributed by atoms with Crippen LogP contribution in [0.5, 0.6) is 0 Å². The van der Waals surface area contributed by atoms with E-state index in [-0.39, 0.29) is 19.3 Å². The largest absolute Gasteiger partial charge is 0.472 e. The monoisotopic (exact) mass is 1760 g/mol. The van der Waals surface area contributed by atoms with Gasteiger partial charge in [0, 0.05) is 19.3 Å². The standard InChI is InChI=1S/C105H180O16P2/c1-4-7-10-13-16-19-22-25-28-31-34-36-38-40-42-44-46-48-49-51-53-54-56-58-60-62-65-67-70-73-76-79-82-85-88-91-103(108)115-94-100(106)95-117-122(111,112)118-96-101(107)97-119-123(113,114)120-99-102(121-105(110)93-90-87-84-81-78-75-72-69-64-33-30-27-24-21-18-15-12-9-6-3)98-116-104(109)92-89-86-83-80-77-74-71-68-66-63-61-59-57-55-52-50-47-45-43-41-39-37-35-32-29-26-23-20-17-14-11-8-5-2/h7-12,16-21,25-30,34-37,40-43,64,69,100-102,106-107H,4-6,13-15,22-24,31-33,38-39,44-63,65-68,70-99H2,1-3H3,(H,111,112)(H,113,114)/b10-7-,11-8-,12-9-,19-16-,20-17-,21-18-,28-25-,29-26-,30-27-,36-34-,37-35-,42-40-,43-41-,69-64-. The molecule has 706 valence electrons. The molecule has 5 unspecified atom stereocenters. The van der Waals surface area contributed by atoms with Gasteiger partial charge in [-0.05, 0) is 148 Å². The van der Waals surface area contributed by atoms with Gasteiger partial charge in [-0.1, -0.05) is 422 Å². The molecule has 0 aliphatic heterocycles. The van der Waals surface area contributed by atoms with Crippen LogP contribution in [0.3, 0.4) is 0 Å². The molecule has 0 aromatic heterocycles. The van der Waals surface area contributed by atoms with Crippen LogP contribution < -0.4 is 0 Å². The van der Waals surface area contributed by atoms with Crippen LogP contribution in [-0.4, -0.2) is 95.9 Å². The first-order valence-corrected chi connectivity index (χ1v) is 52.4. The molecule has 0 rings (SSSR count). The fourth-order valence-electron chi connectivity index (χ4n) is 13.6. The van der Waals surface area contributed by atoms with Gasteiger partial charge in [0.25, 0.3) is 0 Å². The van der Waals surface area contributed by atoms with Crippen molar-refractivity contribution in [3.05, 3.63) is 170 Å². The van der Waals surface area contributed by atoms with Crippen LogP contribution in [0.1, 0.15) is 419 Å². The van der Waals surface area contributed by atoms with Crippen LogP contribution >= 0.6 is 15.6 Å². The minimum Gasteiger partial charge on any atom is -0.463 e. The second-order valence-corrected chi connectivity index (χ2v) is 35.7. The van der Waals surface area contributed by atoms with E-state index in [1.54, 1.807) is 0 Å². The van der Waals surface area contributed by atoms with E-state index in [9.17, 15) is 43.5 Å². The molecule has 0 saturated carbocycles. The van der Waals surface area contributed by atoms with Crippen molar-refractivity contribution in [3.8, 4) is 0 Å². The Bertz CT molecular complexity index is 2920. The molecule has 0 aromatic carbocycles. The molecule has 0 radical (unpaired) electrons. The molecule has 123 heavy (non-hydrogen) atoms. The van der Waals surface area contributed by atoms with Crippen LogP contribution in [-0.2, 0) is 55.8 Å². The molecule has 0 aliphatic rings. The van der Waals surface area contributed by atoms with Crippen molar-refractivity contribution < 1.29 is 75.8 Å². The molecule has 0 fully saturated rings. The van der Waals surface area contributed by atoms with Crippen LogP contribution in [0, 0.1) is 0 Å². The molecule has 0 aromatic rings. The number of unbranched alkanes of at least 4 members (excludes halogenated alkanes) is 42. The highest BCUT2D eigenvalue weighted by Crippen LogP contribution is 2.45. The summed E-state index contributed by atoms with van der Waals surface area (Å²) in [4.78, 5) is 59.1. The maximum Gasteiger partial charge on any atom is 0.472 e. The lowest BCUT2D eigenvalue weighted by Crippen LogP contribution is -2.30. The summed E-state index contributed by atoms with van der Waals surface area (Å²) in [5.74, 6) is -1.58. The normalized spacial score (nSPS) is 14.4. The number of esters is 3. The number of ether oxygens (including phenoxy) is 3. The first-order chi connectivity index (χ1) is 60.2. The lowest BCUT2D eigenvalue weighted by atomic mass is 10.0. The highest BCUT2D eigenvalue weighted by atomic mass is 31.2. The van der Waals surface area contributed by atoms with E-state index in [1.165, 1.54) is 193 Å². The molecular weight excluding hydrogens is 1580 g/mol. The van der Waals surface area contributed by atoms with E-state index in [2.05, 4.69) is 191 Å². The van der Waals surface area contributed by atoms with E-state index in [1.807, 2.05) is 0 Å². The van der Waals surface area contributed by atoms with Gasteiger partial charge in [0.2, 0.25) is 0 Å². The van der Waals surface area contributed by atoms with Crippen LogP contribution in [0.2, 0.25) is 0 Å². The van der Waals surface area contributed by atoms with Gasteiger partial charge in [-0.3, -0.25) is 32.5 Å². The average molecular weight is 1760 g/mol. The Hall–Kier alpha value is -5.09. The lowest BCUT2D eigenvalue weighted by molar-refractivity contribution is -0.161. The zero-order valence-electron chi connectivity index (χ0n) is 78.1. The Morgan fingerprint density at radius 2 is 0.407 bits per heavy atom. The SMILES string of the molecule is CC/C=C\C/C=C\C/C=C\C/C=C\C/C=C\CCCCCCCCCCCCCCCCCCCCCC(=O)OCC(O)COP(=O)(O)OCC(O)COP(=O)(O)OCC(COC(=O)CCCCCCCCCCCCCCCCCCC/C=C\C/C=C\C/C=C\C/C=C\C/C=C\CC)OC(=O)CCCCCCCC/C=C\C/C=C\C/C=C\C/C=C\CC. The summed E-state index contributed by atoms with van der Waals surface area (Å²) in [5.41, 5.74) is 0. The second-order valence-electron chi connectivity index (χ2n) is 32.8. The molecular formula is C105H180O16P2. The van der Waals surface area contributed by atoms with Gasteiger partial charge in [-0.25, -0.2) is 9.13 Å². The quantitative estimate of drug-likeness (QED) is 0.0146. The van der Waals surface area contributed by atoms with Crippen LogP contribution in [0.4, 0.5) is 0 Å². The third kappa shape index (κ3) is 97.4. The van der Waals surface area contributed by atoms with Crippen molar-refractivity contribution in [1.82, 2.24) is 0 Å². The molecule has 0 spiro atoms. The van der Waals surface area contributed by atoms with E-state index < -0.39 is 91.5 Å². The van der Waals surface area contributed by atoms with Crippen molar-refractivity contribution in [3.63, 3.8) is 0 Å². The van der Waals surface area contributed by atoms with Crippen molar-refractivity contribution >= 4 is 33.6 Å². The molecule has 18 heteroatoms. The zero-order chi connectivity index (χ0) is 89.3. The van der Waals surface area contributed by atoms with E-state index in [0.29, 0.717) is 19.3 Å². The number of phosphoric acid groups is 2. The van der Waals surface area contributed by atoms with E-state index in [0.717, 1.165) is 167 Å². The fraction of sp³-hybridized carbons (Fsp3) is 0.705. The summed E-state index contributed by atoms with van der Waals surface area (Å²) in [6.07, 6.45) is 126. The first-order valence-electron chi connectivity index (χ1n) is 49.4. The van der Waals surface area contributed by atoms with Crippen molar-refractivity contribution in [2.75, 3.05) is 39.6 Å². The van der Waals surface area contributed by atoms with Gasteiger partial charge in [-0.15, -0.1) is 0 Å². The molecule has 4 N–H and O–H groups in total. The summed E-state index contributed by atoms with van der Waals surface area (Å²) in [7, 11) is -9.82. The number of hydrogen-bond donors (Lipinski definition) is 4. The number of aliphatic hydroxyl groups is 2. The Morgan fingerprint density at radius 1 is 0.228 bits per heavy atom. The average Bonchev–Trinajstić information content (AvgIpc) is 0.899. The molecule has 5 atom stereocenters. The first kappa shape index (κ1) is 118. The van der Waals surface area contributed by atoms with Crippen LogP contribution in [0.15, 0.2) is 170 Å². The smallest absolute Gasteiger partial charge is 0.463 e. The molecule has 0 saturated heterocycles. The highest BCUT2D eigenvalue weighted by Gasteiger charge is 2.30. The minimum atomic E-state index is -4.95. The number of carbonyl (C=O) groups excluding carboxylic acids is 3. The topological polar surface area (TPSA) is 231 Å². The molecule has 0 bridgehead atoms. The highest BCUT2D eigenvalue weighted by molar-refractivity contribution is 7.47. The summed E-state index contributed by atoms with van der Waals surface area (Å²) >= 11 is 0. The summed E-state index contributed by atoms with van der Waals surface area (Å²) < 4.78 is 61.6. The van der Waals surface area contributed by atoms with Gasteiger partial charge in [0.1, 0.15) is 25.4 Å². The predicted octanol–water partition coefficient (Wildman–Crippen LogP) is 31.0. The number of allylic oxidation sites excluding steroid dienone is 28. The molecule has 0 amide bonds. The van der Waals surface area contributed by atoms with Gasteiger partial charge in [0.15, 0.2) is 6.10 Å². The number of hydrogen-bond acceptors (Lipinski definition) is 14. The van der Waals surface area contributed by atoms with Gasteiger partial charge >= 0.3 is 33.6 Å². The molecule has 16 nitrogen and oxygen atoms in total. The fourth-order valence-corrected chi connectivity index (χ4v) is 15.1. The minimum absolute atomic E-state index is 0.0866. The zero-order valence-corrected chi connectivity index (χ0v) is 79.9. The van der Waals surface area contributed by atoms with Crippen molar-refractivity contribution in [2.24, 2.45) is 0 Å². The number of carbonyl (C=O) groups is 3. The van der Waals surface area contributed by atoms with Crippen molar-refractivity contribution in [1.29, 1.82) is 0 Å². The third-order valence-corrected chi connectivity index (χ3v) is 22.8. The molecule has 0 heterocycles. The second kappa shape index (κ2) is 96.0. The Morgan fingerprint density at radius 3 is 0.642 bits per heavy atom. The van der Waals surface area contributed by atoms with E-state index in [4.69, 9.17) is 32.3 Å². The number of rotatable bonds is 93. The van der Waals surface area contributed by atoms with Crippen LogP contribution in [0.25, 0.3) is 0 Å². The lowest BCUT2D eigenvalue weighted by Gasteiger charge is -2.21. The summed E-state index contributed by atoms with van der Waals surface area (Å²) in [6.45, 7) is 2.39. The van der Waals surface area contributed by atoms with Crippen molar-refractivity contribution in [2.45, 2.75) is 437 Å². The van der Waals surface area contributed by atoms with E-state index >= 15 is 0 Å². The molecule has 0 aliphatic carbocycles. The Labute approximate surface area is 752 Å². The Kier molecular flexibility index (Phi) is 92.0. The number of aliphatic hydroxyl groups excluding tert-OH is 2. The third-order valence-electron chi connectivity index (χ3n) is 20.9.